The van der Waals surface area contributed by atoms with E-state index < -0.39 is 11.7 Å². The van der Waals surface area contributed by atoms with E-state index in [1.54, 1.807) is 13.2 Å². The zero-order valence-electron chi connectivity index (χ0n) is 15.4. The number of aromatic nitrogens is 5. The van der Waals surface area contributed by atoms with Crippen molar-refractivity contribution in [1.82, 2.24) is 29.4 Å². The number of benzene rings is 1. The van der Waals surface area contributed by atoms with Gasteiger partial charge in [0.15, 0.2) is 5.69 Å². The van der Waals surface area contributed by atoms with Gasteiger partial charge in [-0.05, 0) is 18.6 Å². The number of carbonyl (C=O) groups is 1. The summed E-state index contributed by atoms with van der Waals surface area (Å²) in [5.41, 5.74) is -0.624. The maximum atomic E-state index is 13.1. The average Bonchev–Trinajstić information content (AvgIpc) is 3.29. The molecular weight excluding hydrogens is 373 g/mol. The molecule has 0 radical (unpaired) electrons. The molecule has 0 spiro atoms. The number of amides is 1. The highest BCUT2D eigenvalue weighted by Crippen LogP contribution is 2.32. The van der Waals surface area contributed by atoms with Gasteiger partial charge in [-0.2, -0.15) is 13.2 Å². The van der Waals surface area contributed by atoms with Crippen molar-refractivity contribution in [2.75, 3.05) is 7.05 Å². The SMILES string of the molecule is CCn1ccnc1CN(C)C(=O)c1cn(Cc2ccccc2C(F)(F)F)nn1. The highest BCUT2D eigenvalue weighted by molar-refractivity contribution is 5.91. The molecule has 0 aliphatic carbocycles. The number of nitrogens with zero attached hydrogens (tertiary/aromatic N) is 6. The molecule has 3 rings (SSSR count). The Balaban J connectivity index is 1.73. The van der Waals surface area contributed by atoms with Crippen LogP contribution in [0.2, 0.25) is 0 Å². The van der Waals surface area contributed by atoms with Crippen LogP contribution in [0, 0.1) is 0 Å². The number of alkyl halides is 3. The van der Waals surface area contributed by atoms with Crippen LogP contribution in [0.3, 0.4) is 0 Å². The first-order valence-corrected chi connectivity index (χ1v) is 8.60. The standard InChI is InChI=1S/C18H19F3N6O/c1-3-26-9-8-22-16(26)12-25(2)17(28)15-11-27(24-23-15)10-13-6-4-5-7-14(13)18(19,20)21/h4-9,11H,3,10,12H2,1-2H3. The summed E-state index contributed by atoms with van der Waals surface area (Å²) in [6.45, 7) is 2.84. The zero-order valence-corrected chi connectivity index (χ0v) is 15.4. The summed E-state index contributed by atoms with van der Waals surface area (Å²) < 4.78 is 42.5. The molecule has 3 aromatic rings. The largest absolute Gasteiger partial charge is 0.416 e. The van der Waals surface area contributed by atoms with Crippen LogP contribution in [-0.4, -0.2) is 42.4 Å². The van der Waals surface area contributed by atoms with Gasteiger partial charge in [0.05, 0.1) is 24.8 Å². The van der Waals surface area contributed by atoms with Crippen LogP contribution in [0.15, 0.2) is 42.9 Å². The monoisotopic (exact) mass is 392 g/mol. The van der Waals surface area contributed by atoms with Crippen LogP contribution in [-0.2, 0) is 25.8 Å². The molecular formula is C18H19F3N6O. The van der Waals surface area contributed by atoms with Crippen molar-refractivity contribution < 1.29 is 18.0 Å². The number of aryl methyl sites for hydroxylation is 1. The maximum absolute atomic E-state index is 13.1. The molecule has 148 valence electrons. The third kappa shape index (κ3) is 4.21. The summed E-state index contributed by atoms with van der Waals surface area (Å²) in [7, 11) is 1.61. The summed E-state index contributed by atoms with van der Waals surface area (Å²) >= 11 is 0. The van der Waals surface area contributed by atoms with Crippen LogP contribution >= 0.6 is 0 Å². The van der Waals surface area contributed by atoms with E-state index >= 15 is 0 Å². The smallest absolute Gasteiger partial charge is 0.334 e. The lowest BCUT2D eigenvalue weighted by atomic mass is 10.1. The van der Waals surface area contributed by atoms with Gasteiger partial charge in [-0.15, -0.1) is 5.10 Å². The number of carbonyl (C=O) groups excluding carboxylic acids is 1. The second kappa shape index (κ2) is 7.83. The van der Waals surface area contributed by atoms with E-state index in [2.05, 4.69) is 15.3 Å². The van der Waals surface area contributed by atoms with Crippen LogP contribution in [0.4, 0.5) is 13.2 Å². The van der Waals surface area contributed by atoms with Gasteiger partial charge in [0, 0.05) is 26.0 Å². The third-order valence-corrected chi connectivity index (χ3v) is 4.28. The molecule has 0 N–H and O–H groups in total. The Labute approximate surface area is 159 Å². The van der Waals surface area contributed by atoms with Gasteiger partial charge in [-0.1, -0.05) is 23.4 Å². The van der Waals surface area contributed by atoms with E-state index in [-0.39, 0.29) is 30.3 Å². The Hall–Kier alpha value is -3.17. The van der Waals surface area contributed by atoms with Crippen molar-refractivity contribution in [2.24, 2.45) is 0 Å². The third-order valence-electron chi connectivity index (χ3n) is 4.28. The second-order valence-electron chi connectivity index (χ2n) is 6.25. The van der Waals surface area contributed by atoms with Gasteiger partial charge >= 0.3 is 6.18 Å². The van der Waals surface area contributed by atoms with E-state index in [0.717, 1.165) is 18.4 Å². The minimum atomic E-state index is -4.46. The quantitative estimate of drug-likeness (QED) is 0.647. The molecule has 7 nitrogen and oxygen atoms in total. The first-order valence-electron chi connectivity index (χ1n) is 8.60. The highest BCUT2D eigenvalue weighted by atomic mass is 19.4. The molecule has 0 saturated heterocycles. The van der Waals surface area contributed by atoms with Crippen molar-refractivity contribution in [1.29, 1.82) is 0 Å². The molecule has 2 aromatic heterocycles. The first-order chi connectivity index (χ1) is 13.3. The van der Waals surface area contributed by atoms with Crippen LogP contribution in [0.1, 0.15) is 34.4 Å². The van der Waals surface area contributed by atoms with Crippen LogP contribution in [0.25, 0.3) is 0 Å². The molecule has 28 heavy (non-hydrogen) atoms. The van der Waals surface area contributed by atoms with Gasteiger partial charge < -0.3 is 9.47 Å². The molecule has 0 atom stereocenters. The number of imidazole rings is 1. The van der Waals surface area contributed by atoms with Crippen LogP contribution in [0.5, 0.6) is 0 Å². The van der Waals surface area contributed by atoms with Gasteiger partial charge in [0.25, 0.3) is 5.91 Å². The summed E-state index contributed by atoms with van der Waals surface area (Å²) in [6, 6.07) is 5.25. The lowest BCUT2D eigenvalue weighted by Crippen LogP contribution is -2.28. The van der Waals surface area contributed by atoms with E-state index in [1.165, 1.54) is 34.0 Å². The highest BCUT2D eigenvalue weighted by Gasteiger charge is 2.33. The van der Waals surface area contributed by atoms with Gasteiger partial charge in [0.2, 0.25) is 0 Å². The molecule has 0 unspecified atom stereocenters. The van der Waals surface area contributed by atoms with E-state index in [1.807, 2.05) is 17.7 Å². The van der Waals surface area contributed by atoms with Gasteiger partial charge in [-0.25, -0.2) is 9.67 Å². The minimum Gasteiger partial charge on any atom is -0.334 e. The molecule has 1 amide bonds. The summed E-state index contributed by atoms with van der Waals surface area (Å²) in [5.74, 6) is 0.339. The molecule has 0 aliphatic rings. The normalized spacial score (nSPS) is 11.6. The van der Waals surface area contributed by atoms with Gasteiger partial charge in [0.1, 0.15) is 5.82 Å². The predicted molar refractivity (Wildman–Crippen MR) is 94.3 cm³/mol. The Morgan fingerprint density at radius 1 is 1.25 bits per heavy atom. The molecule has 0 saturated carbocycles. The lowest BCUT2D eigenvalue weighted by molar-refractivity contribution is -0.138. The molecule has 0 bridgehead atoms. The molecule has 0 aliphatic heterocycles. The van der Waals surface area contributed by atoms with Crippen molar-refractivity contribution in [3.05, 3.63) is 65.5 Å². The maximum Gasteiger partial charge on any atom is 0.416 e. The number of rotatable bonds is 6. The summed E-state index contributed by atoms with van der Waals surface area (Å²) in [5, 5.41) is 7.61. The number of hydrogen-bond acceptors (Lipinski definition) is 4. The fraction of sp³-hybridized carbons (Fsp3) is 0.333. The average molecular weight is 392 g/mol. The minimum absolute atomic E-state index is 0.0530. The van der Waals surface area contributed by atoms with Crippen molar-refractivity contribution in [3.63, 3.8) is 0 Å². The fourth-order valence-corrected chi connectivity index (χ4v) is 2.84. The van der Waals surface area contributed by atoms with Gasteiger partial charge in [-0.3, -0.25) is 4.79 Å². The zero-order chi connectivity index (χ0) is 20.3. The van der Waals surface area contributed by atoms with Crippen molar-refractivity contribution >= 4 is 5.91 Å². The Kier molecular flexibility index (Phi) is 5.48. The first kappa shape index (κ1) is 19.6. The van der Waals surface area contributed by atoms with E-state index in [0.29, 0.717) is 0 Å². The van der Waals surface area contributed by atoms with Crippen LogP contribution < -0.4 is 0 Å². The lowest BCUT2D eigenvalue weighted by Gasteiger charge is -2.15. The molecule has 2 heterocycles. The molecule has 10 heteroatoms. The Bertz CT molecular complexity index is 962. The van der Waals surface area contributed by atoms with Crippen molar-refractivity contribution in [2.45, 2.75) is 32.7 Å². The van der Waals surface area contributed by atoms with E-state index in [9.17, 15) is 18.0 Å². The topological polar surface area (TPSA) is 68.8 Å². The number of hydrogen-bond donors (Lipinski definition) is 0. The molecule has 1 aromatic carbocycles. The second-order valence-corrected chi connectivity index (χ2v) is 6.25. The Morgan fingerprint density at radius 3 is 2.71 bits per heavy atom. The number of halogens is 3. The predicted octanol–water partition coefficient (Wildman–Crippen LogP) is 2.83. The summed E-state index contributed by atoms with van der Waals surface area (Å²) in [6.07, 6.45) is 0.364. The molecule has 0 fully saturated rings. The Morgan fingerprint density at radius 2 is 2.00 bits per heavy atom. The van der Waals surface area contributed by atoms with E-state index in [4.69, 9.17) is 0 Å². The summed E-state index contributed by atoms with van der Waals surface area (Å²) in [4.78, 5) is 18.2. The van der Waals surface area contributed by atoms with Crippen molar-refractivity contribution in [3.8, 4) is 0 Å². The fourth-order valence-electron chi connectivity index (χ4n) is 2.84.